The summed E-state index contributed by atoms with van der Waals surface area (Å²) in [5.74, 6) is -1.08. The second kappa shape index (κ2) is 6.87. The quantitative estimate of drug-likeness (QED) is 0.886. The van der Waals surface area contributed by atoms with Crippen LogP contribution in [0.5, 0.6) is 0 Å². The molecule has 0 fully saturated rings. The lowest BCUT2D eigenvalue weighted by Gasteiger charge is -2.05. The highest BCUT2D eigenvalue weighted by Gasteiger charge is 2.17. The van der Waals surface area contributed by atoms with Crippen LogP contribution in [0.25, 0.3) is 10.1 Å². The Morgan fingerprint density at radius 3 is 2.81 bits per heavy atom. The lowest BCUT2D eigenvalue weighted by Crippen LogP contribution is -2.37. The molecular weight excluding hydrogens is 315 g/mol. The molecule has 0 atom stereocenters. The third-order valence-corrected chi connectivity index (χ3v) is 4.44. The summed E-state index contributed by atoms with van der Waals surface area (Å²) in [6.07, 6.45) is 0.827. The van der Waals surface area contributed by atoms with Gasteiger partial charge in [0, 0.05) is 16.6 Å². The molecule has 0 saturated carbocycles. The van der Waals surface area contributed by atoms with Crippen molar-refractivity contribution in [3.8, 4) is 0 Å². The molecule has 2 amide bonds. The molecule has 7 heteroatoms. The van der Waals surface area contributed by atoms with Crippen molar-refractivity contribution in [2.45, 2.75) is 13.3 Å². The van der Waals surface area contributed by atoms with Crippen molar-refractivity contribution in [1.82, 2.24) is 10.6 Å². The summed E-state index contributed by atoms with van der Waals surface area (Å²) in [5.41, 5.74) is 0. The van der Waals surface area contributed by atoms with Gasteiger partial charge in [0.25, 0.3) is 5.91 Å². The van der Waals surface area contributed by atoms with Crippen LogP contribution in [0.1, 0.15) is 23.0 Å². The van der Waals surface area contributed by atoms with Crippen molar-refractivity contribution in [2.75, 3.05) is 13.1 Å². The van der Waals surface area contributed by atoms with Crippen LogP contribution in [0.3, 0.4) is 0 Å². The van der Waals surface area contributed by atoms with Gasteiger partial charge in [0.15, 0.2) is 0 Å². The number of hydrogen-bond donors (Lipinski definition) is 2. The molecule has 1 heterocycles. The minimum absolute atomic E-state index is 0.113. The monoisotopic (exact) mass is 328 g/mol. The zero-order chi connectivity index (χ0) is 15.4. The van der Waals surface area contributed by atoms with E-state index in [4.69, 9.17) is 11.6 Å². The fraction of sp³-hybridized carbons (Fsp3) is 0.286. The van der Waals surface area contributed by atoms with Gasteiger partial charge < -0.3 is 10.6 Å². The molecule has 2 rings (SSSR count). The molecule has 0 aliphatic heterocycles. The van der Waals surface area contributed by atoms with Crippen LogP contribution in [0.2, 0.25) is 5.02 Å². The van der Waals surface area contributed by atoms with Crippen LogP contribution >= 0.6 is 22.9 Å². The normalized spacial score (nSPS) is 10.6. The Morgan fingerprint density at radius 2 is 2.10 bits per heavy atom. The van der Waals surface area contributed by atoms with Crippen LogP contribution in [0.4, 0.5) is 4.39 Å². The second-order valence-corrected chi connectivity index (χ2v) is 5.85. The van der Waals surface area contributed by atoms with Crippen LogP contribution in [0, 0.1) is 5.82 Å². The van der Waals surface area contributed by atoms with Crippen molar-refractivity contribution in [3.05, 3.63) is 33.9 Å². The Kier molecular flexibility index (Phi) is 5.14. The van der Waals surface area contributed by atoms with Gasteiger partial charge in [-0.05, 0) is 24.6 Å². The van der Waals surface area contributed by atoms with Gasteiger partial charge in [-0.15, -0.1) is 11.3 Å². The number of carbonyl (C=O) groups is 2. The number of hydrogen-bond acceptors (Lipinski definition) is 3. The van der Waals surface area contributed by atoms with Gasteiger partial charge in [-0.2, -0.15) is 0 Å². The van der Waals surface area contributed by atoms with E-state index in [0.29, 0.717) is 16.6 Å². The molecule has 0 bridgehead atoms. The summed E-state index contributed by atoms with van der Waals surface area (Å²) in [6.45, 7) is 2.39. The van der Waals surface area contributed by atoms with Gasteiger partial charge >= 0.3 is 0 Å². The number of halogens is 2. The Labute approximate surface area is 130 Å². The molecule has 1 aromatic heterocycles. The Morgan fingerprint density at radius 1 is 1.33 bits per heavy atom. The average molecular weight is 329 g/mol. The van der Waals surface area contributed by atoms with Gasteiger partial charge in [0.2, 0.25) is 5.91 Å². The summed E-state index contributed by atoms with van der Waals surface area (Å²) in [4.78, 5) is 23.8. The van der Waals surface area contributed by atoms with Crippen LogP contribution < -0.4 is 10.6 Å². The summed E-state index contributed by atoms with van der Waals surface area (Å²) in [5, 5.41) is 6.07. The van der Waals surface area contributed by atoms with Crippen LogP contribution in [0.15, 0.2) is 18.2 Å². The lowest BCUT2D eigenvalue weighted by molar-refractivity contribution is -0.120. The molecule has 4 nitrogen and oxygen atoms in total. The number of rotatable bonds is 5. The largest absolute Gasteiger partial charge is 0.355 e. The first-order chi connectivity index (χ1) is 10.0. The van der Waals surface area contributed by atoms with Crippen molar-refractivity contribution >= 4 is 44.8 Å². The number of amides is 2. The molecule has 0 spiro atoms. The van der Waals surface area contributed by atoms with Gasteiger partial charge in [0.05, 0.1) is 11.6 Å². The minimum Gasteiger partial charge on any atom is -0.355 e. The van der Waals surface area contributed by atoms with E-state index in [-0.39, 0.29) is 28.2 Å². The van der Waals surface area contributed by atoms with Gasteiger partial charge in [0.1, 0.15) is 10.7 Å². The molecule has 0 aliphatic rings. The van der Waals surface area contributed by atoms with E-state index in [1.54, 1.807) is 0 Å². The highest BCUT2D eigenvalue weighted by Crippen LogP contribution is 2.35. The van der Waals surface area contributed by atoms with E-state index in [0.717, 1.165) is 17.8 Å². The summed E-state index contributed by atoms with van der Waals surface area (Å²) in [6, 6.07) is 4.16. The SMILES string of the molecule is CCCNC(=O)CNC(=O)c1sc2cc(F)ccc2c1Cl. The van der Waals surface area contributed by atoms with Gasteiger partial charge in [-0.25, -0.2) is 4.39 Å². The highest BCUT2D eigenvalue weighted by molar-refractivity contribution is 7.21. The summed E-state index contributed by atoms with van der Waals surface area (Å²) >= 11 is 7.23. The fourth-order valence-electron chi connectivity index (χ4n) is 1.75. The first kappa shape index (κ1) is 15.7. The van der Waals surface area contributed by atoms with E-state index in [1.165, 1.54) is 18.2 Å². The first-order valence-corrected chi connectivity index (χ1v) is 7.64. The van der Waals surface area contributed by atoms with E-state index in [1.807, 2.05) is 6.92 Å². The molecule has 112 valence electrons. The number of thiophene rings is 1. The third-order valence-electron chi connectivity index (χ3n) is 2.78. The predicted molar refractivity (Wildman–Crippen MR) is 82.4 cm³/mol. The third kappa shape index (κ3) is 3.71. The van der Waals surface area contributed by atoms with E-state index < -0.39 is 5.91 Å². The van der Waals surface area contributed by atoms with Crippen molar-refractivity contribution in [3.63, 3.8) is 0 Å². The van der Waals surface area contributed by atoms with E-state index in [9.17, 15) is 14.0 Å². The van der Waals surface area contributed by atoms with Crippen molar-refractivity contribution < 1.29 is 14.0 Å². The first-order valence-electron chi connectivity index (χ1n) is 6.45. The van der Waals surface area contributed by atoms with Gasteiger partial charge in [-0.1, -0.05) is 18.5 Å². The number of nitrogens with one attached hydrogen (secondary N) is 2. The van der Waals surface area contributed by atoms with Crippen molar-refractivity contribution in [2.24, 2.45) is 0 Å². The molecule has 0 saturated heterocycles. The summed E-state index contributed by atoms with van der Waals surface area (Å²) < 4.78 is 13.8. The smallest absolute Gasteiger partial charge is 0.263 e. The van der Waals surface area contributed by atoms with Crippen LogP contribution in [-0.4, -0.2) is 24.9 Å². The molecular formula is C14H14ClFN2O2S. The lowest BCUT2D eigenvalue weighted by atomic mass is 10.2. The van der Waals surface area contributed by atoms with Gasteiger partial charge in [-0.3, -0.25) is 9.59 Å². The number of carbonyl (C=O) groups excluding carboxylic acids is 2. The zero-order valence-corrected chi connectivity index (χ0v) is 12.9. The van der Waals surface area contributed by atoms with Crippen molar-refractivity contribution in [1.29, 1.82) is 0 Å². The maximum Gasteiger partial charge on any atom is 0.263 e. The van der Waals surface area contributed by atoms with E-state index >= 15 is 0 Å². The minimum atomic E-state index is -0.437. The molecule has 0 radical (unpaired) electrons. The fourth-order valence-corrected chi connectivity index (χ4v) is 3.21. The maximum atomic E-state index is 13.2. The average Bonchev–Trinajstić information content (AvgIpc) is 2.79. The summed E-state index contributed by atoms with van der Waals surface area (Å²) in [7, 11) is 0. The molecule has 2 aromatic rings. The zero-order valence-electron chi connectivity index (χ0n) is 11.3. The molecule has 1 aromatic carbocycles. The Balaban J connectivity index is 2.09. The molecule has 21 heavy (non-hydrogen) atoms. The molecule has 0 aliphatic carbocycles. The molecule has 2 N–H and O–H groups in total. The predicted octanol–water partition coefficient (Wildman–Crippen LogP) is 2.95. The van der Waals surface area contributed by atoms with E-state index in [2.05, 4.69) is 10.6 Å². The standard InChI is InChI=1S/C14H14ClFN2O2S/c1-2-5-17-11(19)7-18-14(20)13-12(15)9-4-3-8(16)6-10(9)21-13/h3-4,6H,2,5,7H2,1H3,(H,17,19)(H,18,20). The topological polar surface area (TPSA) is 58.2 Å². The number of benzene rings is 1. The second-order valence-electron chi connectivity index (χ2n) is 4.42. The Hall–Kier alpha value is -1.66. The Bertz CT molecular complexity index is 687. The number of fused-ring (bicyclic) bond motifs is 1. The molecule has 0 unspecified atom stereocenters. The van der Waals surface area contributed by atoms with Crippen LogP contribution in [-0.2, 0) is 4.79 Å². The highest BCUT2D eigenvalue weighted by atomic mass is 35.5. The maximum absolute atomic E-state index is 13.2.